The summed E-state index contributed by atoms with van der Waals surface area (Å²) in [5.41, 5.74) is 0.748. The Morgan fingerprint density at radius 1 is 1.26 bits per heavy atom. The zero-order chi connectivity index (χ0) is 13.7. The molecule has 2 aromatic rings. The van der Waals surface area contributed by atoms with E-state index in [1.54, 1.807) is 29.1 Å². The van der Waals surface area contributed by atoms with Crippen LogP contribution < -0.4 is 4.74 Å². The van der Waals surface area contributed by atoms with Crippen LogP contribution in [-0.2, 0) is 13.0 Å². The summed E-state index contributed by atoms with van der Waals surface area (Å²) >= 11 is 12.0. The van der Waals surface area contributed by atoms with E-state index in [4.69, 9.17) is 33.0 Å². The lowest BCUT2D eigenvalue weighted by Gasteiger charge is -2.09. The molecule has 19 heavy (non-hydrogen) atoms. The van der Waals surface area contributed by atoms with Gasteiger partial charge in [-0.1, -0.05) is 34.5 Å². The number of ether oxygens (including phenoxy) is 1. The minimum absolute atomic E-state index is 0.0599. The summed E-state index contributed by atoms with van der Waals surface area (Å²) in [4.78, 5) is 0. The zero-order valence-electron chi connectivity index (χ0n) is 10.1. The summed E-state index contributed by atoms with van der Waals surface area (Å²) in [5, 5.41) is 17.6. The molecule has 1 heterocycles. The van der Waals surface area contributed by atoms with Gasteiger partial charge in [0.15, 0.2) is 5.75 Å². The van der Waals surface area contributed by atoms with Crippen molar-refractivity contribution in [3.8, 4) is 5.75 Å². The number of hydrogen-bond donors (Lipinski definition) is 1. The molecule has 0 fully saturated rings. The first kappa shape index (κ1) is 14.1. The number of nitrogens with zero attached hydrogens (tertiary/aromatic N) is 3. The quantitative estimate of drug-likeness (QED) is 0.888. The van der Waals surface area contributed by atoms with E-state index >= 15 is 0 Å². The normalized spacial score (nSPS) is 10.7. The predicted octanol–water partition coefficient (Wildman–Crippen LogP) is 2.20. The van der Waals surface area contributed by atoms with Crippen LogP contribution in [0.5, 0.6) is 5.75 Å². The summed E-state index contributed by atoms with van der Waals surface area (Å²) in [6.07, 6.45) is 2.27. The number of aromatic nitrogens is 3. The van der Waals surface area contributed by atoms with Crippen molar-refractivity contribution >= 4 is 23.2 Å². The molecule has 0 amide bonds. The number of hydrogen-bond acceptors (Lipinski definition) is 4. The van der Waals surface area contributed by atoms with Gasteiger partial charge in [0.1, 0.15) is 6.61 Å². The maximum atomic E-state index is 8.78. The third kappa shape index (κ3) is 3.83. The topological polar surface area (TPSA) is 60.2 Å². The Balaban J connectivity index is 1.89. The van der Waals surface area contributed by atoms with Crippen molar-refractivity contribution in [1.29, 1.82) is 0 Å². The average Bonchev–Trinajstić information content (AvgIpc) is 2.81. The van der Waals surface area contributed by atoms with Crippen LogP contribution in [0.25, 0.3) is 0 Å². The van der Waals surface area contributed by atoms with Gasteiger partial charge in [-0.15, -0.1) is 5.10 Å². The van der Waals surface area contributed by atoms with E-state index in [-0.39, 0.29) is 6.61 Å². The molecule has 1 aromatic heterocycles. The summed E-state index contributed by atoms with van der Waals surface area (Å²) in [6.45, 7) is 0.968. The number of rotatable bonds is 6. The molecule has 0 unspecified atom stereocenters. The Hall–Kier alpha value is -1.30. The van der Waals surface area contributed by atoms with E-state index in [9.17, 15) is 0 Å². The molecule has 102 valence electrons. The minimum atomic E-state index is 0.0599. The Morgan fingerprint density at radius 3 is 2.68 bits per heavy atom. The molecular weight excluding hydrogens is 289 g/mol. The van der Waals surface area contributed by atoms with Gasteiger partial charge in [-0.2, -0.15) is 0 Å². The zero-order valence-corrected chi connectivity index (χ0v) is 11.6. The molecule has 1 N–H and O–H groups in total. The van der Waals surface area contributed by atoms with Gasteiger partial charge in [0.25, 0.3) is 0 Å². The highest BCUT2D eigenvalue weighted by Crippen LogP contribution is 2.32. The molecule has 0 aliphatic rings. The minimum Gasteiger partial charge on any atom is -0.489 e. The smallest absolute Gasteiger partial charge is 0.156 e. The summed E-state index contributed by atoms with van der Waals surface area (Å²) in [6, 6.07) is 5.20. The molecule has 5 nitrogen and oxygen atoms in total. The van der Waals surface area contributed by atoms with Gasteiger partial charge in [0.2, 0.25) is 0 Å². The largest absolute Gasteiger partial charge is 0.489 e. The van der Waals surface area contributed by atoms with Crippen molar-refractivity contribution in [2.24, 2.45) is 0 Å². The SMILES string of the molecule is OCCc1cn(CCOc2c(Cl)cccc2Cl)nn1. The lowest BCUT2D eigenvalue weighted by Crippen LogP contribution is -2.09. The first-order valence-corrected chi connectivity index (χ1v) is 6.53. The molecule has 7 heteroatoms. The van der Waals surface area contributed by atoms with Crippen LogP contribution in [0.15, 0.2) is 24.4 Å². The molecule has 0 aliphatic carbocycles. The predicted molar refractivity (Wildman–Crippen MR) is 72.8 cm³/mol. The number of halogens is 2. The second-order valence-electron chi connectivity index (χ2n) is 3.85. The van der Waals surface area contributed by atoms with Gasteiger partial charge in [-0.3, -0.25) is 0 Å². The monoisotopic (exact) mass is 301 g/mol. The Morgan fingerprint density at radius 2 is 2.00 bits per heavy atom. The van der Waals surface area contributed by atoms with E-state index in [0.717, 1.165) is 5.69 Å². The molecule has 0 saturated heterocycles. The highest BCUT2D eigenvalue weighted by molar-refractivity contribution is 6.37. The molecule has 1 aromatic carbocycles. The van der Waals surface area contributed by atoms with Crippen LogP contribution in [0.4, 0.5) is 0 Å². The maximum absolute atomic E-state index is 8.78. The van der Waals surface area contributed by atoms with Crippen molar-refractivity contribution in [3.05, 3.63) is 40.1 Å². The summed E-state index contributed by atoms with van der Waals surface area (Å²) in [7, 11) is 0. The van der Waals surface area contributed by atoms with E-state index in [1.807, 2.05) is 0 Å². The van der Waals surface area contributed by atoms with Crippen LogP contribution in [-0.4, -0.2) is 33.3 Å². The second-order valence-corrected chi connectivity index (χ2v) is 4.66. The highest BCUT2D eigenvalue weighted by Gasteiger charge is 2.06. The Bertz CT molecular complexity index is 525. The lowest BCUT2D eigenvalue weighted by atomic mass is 10.3. The highest BCUT2D eigenvalue weighted by atomic mass is 35.5. The summed E-state index contributed by atoms with van der Waals surface area (Å²) in [5.74, 6) is 0.474. The first-order chi connectivity index (χ1) is 9.20. The standard InChI is InChI=1S/C12H13Cl2N3O2/c13-10-2-1-3-11(14)12(10)19-7-5-17-8-9(4-6-18)15-16-17/h1-3,8,18H,4-7H2. The van der Waals surface area contributed by atoms with E-state index < -0.39 is 0 Å². The van der Waals surface area contributed by atoms with Crippen molar-refractivity contribution in [3.63, 3.8) is 0 Å². The first-order valence-electron chi connectivity index (χ1n) is 5.77. The number of aliphatic hydroxyl groups is 1. The number of benzene rings is 1. The molecule has 0 aliphatic heterocycles. The molecule has 0 saturated carbocycles. The van der Waals surface area contributed by atoms with Crippen LogP contribution in [0.3, 0.4) is 0 Å². The van der Waals surface area contributed by atoms with Gasteiger partial charge in [0.05, 0.1) is 22.3 Å². The van der Waals surface area contributed by atoms with Crippen molar-refractivity contribution in [2.45, 2.75) is 13.0 Å². The fraction of sp³-hybridized carbons (Fsp3) is 0.333. The summed E-state index contributed by atoms with van der Waals surface area (Å²) < 4.78 is 7.19. The van der Waals surface area contributed by atoms with E-state index in [0.29, 0.717) is 35.4 Å². The van der Waals surface area contributed by atoms with Crippen LogP contribution in [0.2, 0.25) is 10.0 Å². The van der Waals surface area contributed by atoms with Crippen LogP contribution >= 0.6 is 23.2 Å². The Kier molecular flexibility index (Phi) is 5.01. The third-order valence-electron chi connectivity index (χ3n) is 2.44. The van der Waals surface area contributed by atoms with Gasteiger partial charge < -0.3 is 9.84 Å². The van der Waals surface area contributed by atoms with Gasteiger partial charge in [0, 0.05) is 19.2 Å². The van der Waals surface area contributed by atoms with Crippen LogP contribution in [0, 0.1) is 0 Å². The molecule has 2 rings (SSSR count). The molecule has 0 atom stereocenters. The van der Waals surface area contributed by atoms with E-state index in [2.05, 4.69) is 10.3 Å². The van der Waals surface area contributed by atoms with Gasteiger partial charge in [-0.05, 0) is 12.1 Å². The maximum Gasteiger partial charge on any atom is 0.156 e. The number of aliphatic hydroxyl groups excluding tert-OH is 1. The van der Waals surface area contributed by atoms with Gasteiger partial charge >= 0.3 is 0 Å². The lowest BCUT2D eigenvalue weighted by molar-refractivity contribution is 0.290. The number of para-hydroxylation sites is 1. The van der Waals surface area contributed by atoms with Gasteiger partial charge in [-0.25, -0.2) is 4.68 Å². The average molecular weight is 302 g/mol. The fourth-order valence-electron chi connectivity index (χ4n) is 1.54. The molecule has 0 spiro atoms. The van der Waals surface area contributed by atoms with Crippen molar-refractivity contribution in [1.82, 2.24) is 15.0 Å². The molecule has 0 bridgehead atoms. The van der Waals surface area contributed by atoms with Crippen LogP contribution in [0.1, 0.15) is 5.69 Å². The van der Waals surface area contributed by atoms with Crippen molar-refractivity contribution in [2.75, 3.05) is 13.2 Å². The fourth-order valence-corrected chi connectivity index (χ4v) is 2.05. The van der Waals surface area contributed by atoms with Crippen molar-refractivity contribution < 1.29 is 9.84 Å². The molecule has 0 radical (unpaired) electrons. The Labute approximate surface area is 120 Å². The van der Waals surface area contributed by atoms with E-state index in [1.165, 1.54) is 0 Å². The molecular formula is C12H13Cl2N3O2. The second kappa shape index (κ2) is 6.75. The third-order valence-corrected chi connectivity index (χ3v) is 3.04.